The van der Waals surface area contributed by atoms with E-state index in [9.17, 15) is 4.79 Å². The van der Waals surface area contributed by atoms with Crippen molar-refractivity contribution in [3.63, 3.8) is 0 Å². The number of likely N-dealkylation sites (tertiary alicyclic amines) is 1. The van der Waals surface area contributed by atoms with E-state index in [1.54, 1.807) is 0 Å². The Morgan fingerprint density at radius 3 is 2.59 bits per heavy atom. The summed E-state index contributed by atoms with van der Waals surface area (Å²) >= 11 is 0. The lowest BCUT2D eigenvalue weighted by molar-refractivity contribution is 0.0221. The average Bonchev–Trinajstić information content (AvgIpc) is 2.31. The van der Waals surface area contributed by atoms with Gasteiger partial charge in [-0.3, -0.25) is 0 Å². The quantitative estimate of drug-likeness (QED) is 0.631. The molecule has 2 atom stereocenters. The maximum absolute atomic E-state index is 11.8. The minimum atomic E-state index is -0.105. The number of hydrogen-bond donors (Lipinski definition) is 0. The minimum absolute atomic E-state index is 0.105. The molecule has 0 N–H and O–H groups in total. The van der Waals surface area contributed by atoms with Crippen LogP contribution in [0.2, 0.25) is 0 Å². The van der Waals surface area contributed by atoms with Gasteiger partial charge in [-0.05, 0) is 32.6 Å². The monoisotopic (exact) mass is 241 g/mol. The Balaban J connectivity index is 2.19. The molecule has 0 bridgehead atoms. The molecule has 0 aromatic carbocycles. The van der Waals surface area contributed by atoms with Crippen LogP contribution in [0, 0.1) is 0 Å². The van der Waals surface area contributed by atoms with Crippen molar-refractivity contribution in [2.24, 2.45) is 0 Å². The number of carbonyl (C=O) groups excluding carboxylic acids is 1. The first-order valence-electron chi connectivity index (χ1n) is 7.16. The lowest BCUT2D eigenvalue weighted by atomic mass is 10.1. The van der Waals surface area contributed by atoms with E-state index in [0.717, 1.165) is 25.8 Å². The standard InChI is InChI=1S/C14H27NO2/c1-4-6-7-8-9-13(5-2)17-14(16)15-11-10-12(15)3/h12-13H,4-11H2,1-3H3. The number of carbonyl (C=O) groups is 1. The Morgan fingerprint density at radius 1 is 1.35 bits per heavy atom. The van der Waals surface area contributed by atoms with Crippen LogP contribution in [0.3, 0.4) is 0 Å². The van der Waals surface area contributed by atoms with Crippen molar-refractivity contribution >= 4 is 6.09 Å². The van der Waals surface area contributed by atoms with Crippen molar-refractivity contribution in [2.45, 2.75) is 77.9 Å². The van der Waals surface area contributed by atoms with Gasteiger partial charge in [-0.1, -0.05) is 33.1 Å². The summed E-state index contributed by atoms with van der Waals surface area (Å²) in [4.78, 5) is 13.6. The molecule has 17 heavy (non-hydrogen) atoms. The lowest BCUT2D eigenvalue weighted by Crippen LogP contribution is -2.50. The van der Waals surface area contributed by atoms with Crippen LogP contribution in [0.4, 0.5) is 4.79 Å². The maximum Gasteiger partial charge on any atom is 0.410 e. The van der Waals surface area contributed by atoms with Gasteiger partial charge in [0.2, 0.25) is 0 Å². The van der Waals surface area contributed by atoms with E-state index in [0.29, 0.717) is 6.04 Å². The van der Waals surface area contributed by atoms with E-state index in [4.69, 9.17) is 4.74 Å². The molecule has 0 radical (unpaired) electrons. The van der Waals surface area contributed by atoms with Crippen molar-refractivity contribution in [1.29, 1.82) is 0 Å². The van der Waals surface area contributed by atoms with Crippen LogP contribution in [-0.2, 0) is 4.74 Å². The zero-order chi connectivity index (χ0) is 12.7. The Kier molecular flexibility index (Phi) is 6.38. The topological polar surface area (TPSA) is 29.5 Å². The fourth-order valence-electron chi connectivity index (χ4n) is 2.14. The molecule has 3 heteroatoms. The van der Waals surface area contributed by atoms with Crippen molar-refractivity contribution in [1.82, 2.24) is 4.90 Å². The molecule has 0 spiro atoms. The first-order valence-corrected chi connectivity index (χ1v) is 7.16. The first-order chi connectivity index (χ1) is 8.19. The molecular formula is C14H27NO2. The third-order valence-electron chi connectivity index (χ3n) is 3.66. The Morgan fingerprint density at radius 2 is 2.12 bits per heavy atom. The van der Waals surface area contributed by atoms with Gasteiger partial charge < -0.3 is 9.64 Å². The number of amides is 1. The normalized spacial score (nSPS) is 20.9. The zero-order valence-electron chi connectivity index (χ0n) is 11.6. The van der Waals surface area contributed by atoms with Gasteiger partial charge in [-0.25, -0.2) is 4.79 Å². The van der Waals surface area contributed by atoms with E-state index < -0.39 is 0 Å². The lowest BCUT2D eigenvalue weighted by Gasteiger charge is -2.38. The number of hydrogen-bond acceptors (Lipinski definition) is 2. The molecule has 1 amide bonds. The predicted molar refractivity (Wildman–Crippen MR) is 70.1 cm³/mol. The molecule has 1 aliphatic rings. The van der Waals surface area contributed by atoms with Crippen molar-refractivity contribution in [2.75, 3.05) is 6.54 Å². The summed E-state index contributed by atoms with van der Waals surface area (Å²) in [6.45, 7) is 7.25. The van der Waals surface area contributed by atoms with Crippen molar-refractivity contribution in [3.8, 4) is 0 Å². The number of nitrogens with zero attached hydrogens (tertiary/aromatic N) is 1. The van der Waals surface area contributed by atoms with E-state index in [1.807, 2.05) is 4.90 Å². The van der Waals surface area contributed by atoms with Gasteiger partial charge >= 0.3 is 6.09 Å². The molecule has 1 fully saturated rings. The summed E-state index contributed by atoms with van der Waals surface area (Å²) in [5, 5.41) is 0. The van der Waals surface area contributed by atoms with Crippen LogP contribution in [0.25, 0.3) is 0 Å². The van der Waals surface area contributed by atoms with Gasteiger partial charge in [0.25, 0.3) is 0 Å². The molecule has 1 saturated heterocycles. The second-order valence-corrected chi connectivity index (χ2v) is 5.09. The highest BCUT2D eigenvalue weighted by atomic mass is 16.6. The molecule has 1 rings (SSSR count). The summed E-state index contributed by atoms with van der Waals surface area (Å²) in [6.07, 6.45) is 8.04. The van der Waals surface area contributed by atoms with Gasteiger partial charge in [0.1, 0.15) is 6.10 Å². The highest BCUT2D eigenvalue weighted by Crippen LogP contribution is 2.20. The molecule has 2 unspecified atom stereocenters. The van der Waals surface area contributed by atoms with Crippen LogP contribution in [0.1, 0.15) is 65.7 Å². The van der Waals surface area contributed by atoms with Crippen LogP contribution in [0.15, 0.2) is 0 Å². The highest BCUT2D eigenvalue weighted by molar-refractivity contribution is 5.69. The molecule has 3 nitrogen and oxygen atoms in total. The minimum Gasteiger partial charge on any atom is -0.446 e. The van der Waals surface area contributed by atoms with E-state index in [2.05, 4.69) is 20.8 Å². The third kappa shape index (κ3) is 4.57. The molecule has 1 heterocycles. The summed E-state index contributed by atoms with van der Waals surface area (Å²) in [5.41, 5.74) is 0. The van der Waals surface area contributed by atoms with E-state index in [-0.39, 0.29) is 12.2 Å². The smallest absolute Gasteiger partial charge is 0.410 e. The highest BCUT2D eigenvalue weighted by Gasteiger charge is 2.30. The SMILES string of the molecule is CCCCCCC(CC)OC(=O)N1CCC1C. The molecule has 0 saturated carbocycles. The molecule has 100 valence electrons. The summed E-state index contributed by atoms with van der Waals surface area (Å²) < 4.78 is 5.54. The van der Waals surface area contributed by atoms with Crippen LogP contribution < -0.4 is 0 Å². The van der Waals surface area contributed by atoms with Crippen LogP contribution >= 0.6 is 0 Å². The largest absolute Gasteiger partial charge is 0.446 e. The fraction of sp³-hybridized carbons (Fsp3) is 0.929. The van der Waals surface area contributed by atoms with Gasteiger partial charge in [0.15, 0.2) is 0 Å². The van der Waals surface area contributed by atoms with Crippen molar-refractivity contribution in [3.05, 3.63) is 0 Å². The average molecular weight is 241 g/mol. The summed E-state index contributed by atoms with van der Waals surface area (Å²) in [6, 6.07) is 0.375. The van der Waals surface area contributed by atoms with Gasteiger partial charge in [0, 0.05) is 12.6 Å². The maximum atomic E-state index is 11.8. The number of unbranched alkanes of at least 4 members (excludes halogenated alkanes) is 3. The van der Waals surface area contributed by atoms with Crippen LogP contribution in [0.5, 0.6) is 0 Å². The second-order valence-electron chi connectivity index (χ2n) is 5.09. The van der Waals surface area contributed by atoms with Gasteiger partial charge in [-0.2, -0.15) is 0 Å². The number of ether oxygens (including phenoxy) is 1. The first kappa shape index (κ1) is 14.3. The molecule has 0 aromatic rings. The summed E-state index contributed by atoms with van der Waals surface area (Å²) in [7, 11) is 0. The molecule has 0 aromatic heterocycles. The van der Waals surface area contributed by atoms with Gasteiger partial charge in [-0.15, -0.1) is 0 Å². The van der Waals surface area contributed by atoms with Crippen LogP contribution in [-0.4, -0.2) is 29.7 Å². The molecule has 0 aliphatic carbocycles. The number of rotatable bonds is 7. The van der Waals surface area contributed by atoms with Crippen molar-refractivity contribution < 1.29 is 9.53 Å². The molecular weight excluding hydrogens is 214 g/mol. The fourth-order valence-corrected chi connectivity index (χ4v) is 2.14. The van der Waals surface area contributed by atoms with E-state index in [1.165, 1.54) is 25.7 Å². The zero-order valence-corrected chi connectivity index (χ0v) is 11.6. The Bertz CT molecular complexity index is 230. The summed E-state index contributed by atoms with van der Waals surface area (Å²) in [5.74, 6) is 0. The van der Waals surface area contributed by atoms with Gasteiger partial charge in [0.05, 0.1) is 0 Å². The molecule has 1 aliphatic heterocycles. The van der Waals surface area contributed by atoms with E-state index >= 15 is 0 Å². The Hall–Kier alpha value is -0.730. The third-order valence-corrected chi connectivity index (χ3v) is 3.66. The predicted octanol–water partition coefficient (Wildman–Crippen LogP) is 3.97. The Labute approximate surface area is 106 Å². The second kappa shape index (κ2) is 7.57.